The molecule has 0 bridgehead atoms. The Bertz CT molecular complexity index is 460. The Hall–Kier alpha value is -1.89. The number of thiol groups is 1. The van der Waals surface area contributed by atoms with Crippen molar-refractivity contribution in [3.8, 4) is 0 Å². The van der Waals surface area contributed by atoms with Crippen LogP contribution in [-0.4, -0.2) is 22.8 Å². The molecule has 0 unspecified atom stereocenters. The number of hydrogen-bond acceptors (Lipinski definition) is 3. The second-order valence-corrected chi connectivity index (χ2v) is 4.98. The van der Waals surface area contributed by atoms with Gasteiger partial charge < -0.3 is 15.7 Å². The minimum atomic E-state index is -1.05. The van der Waals surface area contributed by atoms with E-state index in [-0.39, 0.29) is 0 Å². The summed E-state index contributed by atoms with van der Waals surface area (Å²) in [6.07, 6.45) is -0.494. The van der Waals surface area contributed by atoms with Crippen molar-refractivity contribution in [3.05, 3.63) is 29.8 Å². The molecule has 0 heterocycles. The average molecular weight is 283 g/mol. The normalized spacial score (nSPS) is 10.7. The van der Waals surface area contributed by atoms with Crippen LogP contribution >= 0.6 is 12.8 Å². The molecule has 0 radical (unpaired) electrons. The molecule has 4 N–H and O–H groups in total. The zero-order chi connectivity index (χ0) is 14.5. The van der Waals surface area contributed by atoms with Crippen LogP contribution in [-0.2, 0) is 6.42 Å². The minimum absolute atomic E-state index is 0.413. The van der Waals surface area contributed by atoms with Gasteiger partial charge in [-0.25, -0.2) is 9.59 Å². The molecule has 1 aromatic rings. The number of carbonyl (C=O) groups excluding carboxylic acids is 1. The van der Waals surface area contributed by atoms with Crippen LogP contribution in [0, 0.1) is 0 Å². The van der Waals surface area contributed by atoms with Gasteiger partial charge in [0.2, 0.25) is 0 Å². The summed E-state index contributed by atoms with van der Waals surface area (Å²) < 4.78 is 2.16. The molecular weight excluding hydrogens is 266 g/mol. The lowest BCUT2D eigenvalue weighted by molar-refractivity contribution is 0.182. The van der Waals surface area contributed by atoms with Gasteiger partial charge in [0.25, 0.3) is 0 Å². The second-order valence-electron chi connectivity index (χ2n) is 4.75. The van der Waals surface area contributed by atoms with Gasteiger partial charge in [0, 0.05) is 11.2 Å². The third kappa shape index (κ3) is 5.52. The molecule has 0 atom stereocenters. The first-order valence-electron chi connectivity index (χ1n) is 5.63. The fraction of sp³-hybridized carbons (Fsp3) is 0.333. The number of carboxylic acid groups (broad SMARTS) is 1. The molecule has 6 nitrogen and oxygen atoms in total. The lowest BCUT2D eigenvalue weighted by atomic mass is 9.95. The Balaban J connectivity index is 2.66. The number of anilines is 1. The third-order valence-electron chi connectivity index (χ3n) is 2.40. The summed E-state index contributed by atoms with van der Waals surface area (Å²) in [5, 5.41) is 13.8. The zero-order valence-corrected chi connectivity index (χ0v) is 11.6. The molecule has 19 heavy (non-hydrogen) atoms. The molecule has 104 valence electrons. The summed E-state index contributed by atoms with van der Waals surface area (Å²) in [4.78, 5) is 21.7. The topological polar surface area (TPSA) is 90.5 Å². The average Bonchev–Trinajstić information content (AvgIpc) is 2.29. The Labute approximate surface area is 117 Å². The van der Waals surface area contributed by atoms with Gasteiger partial charge in [-0.05, 0) is 38.0 Å². The highest BCUT2D eigenvalue weighted by Crippen LogP contribution is 2.15. The van der Waals surface area contributed by atoms with Crippen molar-refractivity contribution in [1.29, 1.82) is 0 Å². The number of urea groups is 1. The fourth-order valence-corrected chi connectivity index (χ4v) is 1.76. The number of hydrogen-bond donors (Lipinski definition) is 5. The maximum Gasteiger partial charge on any atom is 0.405 e. The van der Waals surface area contributed by atoms with E-state index in [1.54, 1.807) is 12.1 Å². The van der Waals surface area contributed by atoms with Crippen molar-refractivity contribution >= 4 is 30.6 Å². The van der Waals surface area contributed by atoms with Gasteiger partial charge in [0.1, 0.15) is 0 Å². The Morgan fingerprint density at radius 3 is 2.32 bits per heavy atom. The van der Waals surface area contributed by atoms with E-state index in [1.165, 1.54) is 0 Å². The summed E-state index contributed by atoms with van der Waals surface area (Å²) in [6.45, 7) is 3.61. The molecule has 0 saturated carbocycles. The molecule has 0 aliphatic carbocycles. The van der Waals surface area contributed by atoms with E-state index in [0.29, 0.717) is 12.1 Å². The quantitative estimate of drug-likeness (QED) is 0.549. The maximum absolute atomic E-state index is 11.0. The van der Waals surface area contributed by atoms with Crippen LogP contribution in [0.1, 0.15) is 19.4 Å². The second kappa shape index (κ2) is 6.33. The highest BCUT2D eigenvalue weighted by Gasteiger charge is 2.20. The van der Waals surface area contributed by atoms with Crippen LogP contribution in [0.15, 0.2) is 24.3 Å². The monoisotopic (exact) mass is 283 g/mol. The largest absolute Gasteiger partial charge is 0.465 e. The fourth-order valence-electron chi connectivity index (χ4n) is 1.71. The van der Waals surface area contributed by atoms with Crippen LogP contribution in [0.4, 0.5) is 15.3 Å². The highest BCUT2D eigenvalue weighted by atomic mass is 32.1. The van der Waals surface area contributed by atoms with Gasteiger partial charge in [-0.2, -0.15) is 0 Å². The van der Waals surface area contributed by atoms with Crippen LogP contribution in [0.2, 0.25) is 0 Å². The van der Waals surface area contributed by atoms with E-state index in [0.717, 1.165) is 5.56 Å². The van der Waals surface area contributed by atoms with Crippen molar-refractivity contribution in [3.63, 3.8) is 0 Å². The summed E-state index contributed by atoms with van der Waals surface area (Å²) in [6, 6.07) is 6.74. The van der Waals surface area contributed by atoms with E-state index in [2.05, 4.69) is 28.2 Å². The molecule has 1 rings (SSSR count). The minimum Gasteiger partial charge on any atom is -0.465 e. The van der Waals surface area contributed by atoms with Crippen molar-refractivity contribution in [2.45, 2.75) is 25.8 Å². The zero-order valence-electron chi connectivity index (χ0n) is 10.7. The van der Waals surface area contributed by atoms with Crippen LogP contribution in [0.3, 0.4) is 0 Å². The molecule has 7 heteroatoms. The van der Waals surface area contributed by atoms with Crippen molar-refractivity contribution in [1.82, 2.24) is 10.0 Å². The molecular formula is C12H17N3O3S. The number of benzene rings is 1. The lowest BCUT2D eigenvalue weighted by Crippen LogP contribution is -2.44. The van der Waals surface area contributed by atoms with Gasteiger partial charge in [0.15, 0.2) is 0 Å². The smallest absolute Gasteiger partial charge is 0.405 e. The Kier molecular flexibility index (Phi) is 5.05. The van der Waals surface area contributed by atoms with E-state index >= 15 is 0 Å². The molecule has 0 aromatic heterocycles. The van der Waals surface area contributed by atoms with Gasteiger partial charge in [0.05, 0.1) is 0 Å². The predicted molar refractivity (Wildman–Crippen MR) is 76.5 cm³/mol. The van der Waals surface area contributed by atoms with Crippen LogP contribution in [0.5, 0.6) is 0 Å². The Morgan fingerprint density at radius 2 is 1.84 bits per heavy atom. The third-order valence-corrected chi connectivity index (χ3v) is 2.61. The predicted octanol–water partition coefficient (Wildman–Crippen LogP) is 2.24. The van der Waals surface area contributed by atoms with E-state index in [1.807, 2.05) is 26.0 Å². The van der Waals surface area contributed by atoms with Crippen LogP contribution in [0.25, 0.3) is 0 Å². The van der Waals surface area contributed by atoms with Gasteiger partial charge >= 0.3 is 12.1 Å². The SMILES string of the molecule is CC(C)(Cc1ccc(NC(=O)NS)cc1)NC(=O)O. The molecule has 0 saturated heterocycles. The molecule has 0 spiro atoms. The summed E-state index contributed by atoms with van der Waals surface area (Å²) in [5.41, 5.74) is 1.05. The highest BCUT2D eigenvalue weighted by molar-refractivity contribution is 7.78. The van der Waals surface area contributed by atoms with E-state index in [9.17, 15) is 9.59 Å². The molecule has 3 amide bonds. The van der Waals surface area contributed by atoms with Crippen LogP contribution < -0.4 is 15.4 Å². The first-order chi connectivity index (χ1) is 8.82. The van der Waals surface area contributed by atoms with Gasteiger partial charge in [-0.1, -0.05) is 24.9 Å². The van der Waals surface area contributed by atoms with Crippen molar-refractivity contribution in [2.75, 3.05) is 5.32 Å². The molecule has 0 aliphatic rings. The number of carbonyl (C=O) groups is 2. The first-order valence-corrected chi connectivity index (χ1v) is 6.08. The van der Waals surface area contributed by atoms with Gasteiger partial charge in [-0.3, -0.25) is 4.72 Å². The number of amides is 3. The first kappa shape index (κ1) is 15.2. The summed E-state index contributed by atoms with van der Waals surface area (Å²) in [7, 11) is 0. The number of rotatable bonds is 4. The summed E-state index contributed by atoms with van der Waals surface area (Å²) in [5.74, 6) is 0. The van der Waals surface area contributed by atoms with Crippen molar-refractivity contribution < 1.29 is 14.7 Å². The molecule has 0 fully saturated rings. The standard InChI is InChI=1S/C12H17N3O3S/c1-12(2,14-11(17)18)7-8-3-5-9(6-4-8)13-10(16)15-19/h3-6,14,19H,7H2,1-2H3,(H,17,18)(H2,13,15,16). The molecule has 0 aliphatic heterocycles. The summed E-state index contributed by atoms with van der Waals surface area (Å²) >= 11 is 3.63. The van der Waals surface area contributed by atoms with Crippen molar-refractivity contribution in [2.24, 2.45) is 0 Å². The number of nitrogens with one attached hydrogen (secondary N) is 3. The van der Waals surface area contributed by atoms with Gasteiger partial charge in [-0.15, -0.1) is 0 Å². The van der Waals surface area contributed by atoms with E-state index in [4.69, 9.17) is 5.11 Å². The lowest BCUT2D eigenvalue weighted by Gasteiger charge is -2.24. The molecule has 1 aromatic carbocycles. The van der Waals surface area contributed by atoms with E-state index < -0.39 is 17.7 Å². The Morgan fingerprint density at radius 1 is 1.26 bits per heavy atom. The maximum atomic E-state index is 11.0.